The second-order valence-electron chi connectivity index (χ2n) is 32.4. The molecule has 0 saturated carbocycles. The SMILES string of the molecule is CCCCc1ccc(P(c2ccc(CCCC)c(CCCC)c2CCCC)[C]23[CH]4[CH]5[CH]6[C]2(P(c2ccc(CCCC)c(CCCC)c2CCCC)c2ccc(CCCC)c(CCCC)c2CCCC)[Ru]54632789[CH]3[CH]2[CH]7[CH]8[CH]39)c(CCCC)c1CCCC. The fourth-order valence-electron chi connectivity index (χ4n) is 29.9. The van der Waals surface area contributed by atoms with Gasteiger partial charge >= 0.3 is 518 Å². The summed E-state index contributed by atoms with van der Waals surface area (Å²) in [5, 5.41) is 8.10. The third kappa shape index (κ3) is 3.90. The van der Waals surface area contributed by atoms with Gasteiger partial charge in [0, 0.05) is 0 Å². The fraction of sp³-hybridized carbons (Fsp3) is 0.707. The summed E-state index contributed by atoms with van der Waals surface area (Å²) in [5.41, 5.74) is 22.4. The molecule has 4 aromatic rings. The Balaban J connectivity index is 1.12. The Morgan fingerprint density at radius 2 is 0.435 bits per heavy atom. The summed E-state index contributed by atoms with van der Waals surface area (Å²) in [6, 6.07) is 23.6. The zero-order valence-electron chi connectivity index (χ0n) is 56.9. The van der Waals surface area contributed by atoms with Gasteiger partial charge in [-0.25, -0.2) is 0 Å². The number of aryl methyl sites for hydroxylation is 4. The van der Waals surface area contributed by atoms with E-state index in [0.29, 0.717) is 7.50 Å². The van der Waals surface area contributed by atoms with Crippen molar-refractivity contribution in [3.05, 3.63) is 115 Å². The third-order valence-electron chi connectivity index (χ3n) is 31.8. The van der Waals surface area contributed by atoms with E-state index >= 15 is 0 Å². The van der Waals surface area contributed by atoms with Crippen LogP contribution in [0.1, 0.15) is 304 Å². The summed E-state index contributed by atoms with van der Waals surface area (Å²) in [6.07, 6.45) is 47.3. The molecular weight excluding hydrogens is 1150 g/mol. The standard InChI is InChI=1S/C77H119P2.C5H5.Ru/c1-13-25-38-60-52-56-72(68(46-33-21-9)64(60)42-29-17-5)78(73-57-53-61(39-26-14-2)65(43-30-18-6)69(73)47-34-22-10)76-50-37-51-77(76)79(74-58-54-62(40-27-15-3)66(44-31-19-7)70(74)48-35-23-11)75-59-55-63(41-28-16-4)67(45-32-20-8)71(75)49-36-24-12;1-2-4-5-3-1;/h37,50-59H,13-36,38-49H2,1-12H3;1-5H;. The Labute approximate surface area is 514 Å². The van der Waals surface area contributed by atoms with Gasteiger partial charge in [-0.1, -0.05) is 0 Å². The van der Waals surface area contributed by atoms with Crippen LogP contribution in [0.3, 0.4) is 0 Å². The van der Waals surface area contributed by atoms with E-state index in [4.69, 9.17) is 0 Å². The Hall–Kier alpha value is -1.64. The van der Waals surface area contributed by atoms with Crippen molar-refractivity contribution in [1.82, 2.24) is 0 Å². The first-order chi connectivity index (χ1) is 41.5. The average molecular weight is 1270 g/mol. The maximum absolute atomic E-state index is 5.01. The molecule has 10 heterocycles. The minimum absolute atomic E-state index is 0.597. The molecule has 14 rings (SSSR count). The number of hydrogen-bond donors (Lipinski definition) is 0. The van der Waals surface area contributed by atoms with Gasteiger partial charge < -0.3 is 0 Å². The van der Waals surface area contributed by atoms with Crippen LogP contribution < -0.4 is 21.2 Å². The summed E-state index contributed by atoms with van der Waals surface area (Å²) in [7, 11) is -6.20. The first-order valence-corrected chi connectivity index (χ1v) is 50.3. The number of benzene rings is 4. The topological polar surface area (TPSA) is 0 Å². The molecule has 4 atom stereocenters. The van der Waals surface area contributed by atoms with Crippen molar-refractivity contribution in [3.8, 4) is 0 Å². The van der Waals surface area contributed by atoms with E-state index in [9.17, 15) is 0 Å². The van der Waals surface area contributed by atoms with Gasteiger partial charge in [0.25, 0.3) is 0 Å². The average Bonchev–Trinajstić information content (AvgIpc) is 1.03. The summed E-state index contributed by atoms with van der Waals surface area (Å²) >= 11 is 0. The van der Waals surface area contributed by atoms with Crippen LogP contribution in [0, 0.1) is 0 Å². The molecule has 0 aromatic heterocycles. The van der Waals surface area contributed by atoms with Crippen molar-refractivity contribution in [2.24, 2.45) is 0 Å². The Morgan fingerprint density at radius 1 is 0.247 bits per heavy atom. The van der Waals surface area contributed by atoms with Crippen LogP contribution in [-0.4, -0.2) is 7.50 Å². The van der Waals surface area contributed by atoms with Gasteiger partial charge in [0.2, 0.25) is 0 Å². The van der Waals surface area contributed by atoms with E-state index in [0.717, 1.165) is 0 Å². The molecule has 4 aromatic carbocycles. The van der Waals surface area contributed by atoms with Crippen LogP contribution in [0.15, 0.2) is 48.5 Å². The van der Waals surface area contributed by atoms with Gasteiger partial charge in [-0.05, 0) is 0 Å². The summed E-state index contributed by atoms with van der Waals surface area (Å²) in [4.78, 5) is 0. The normalized spacial score (nSPS) is 34.4. The van der Waals surface area contributed by atoms with Gasteiger partial charge in [-0.15, -0.1) is 0 Å². The molecule has 10 aliphatic heterocycles. The number of rotatable bonds is 42. The molecule has 0 radical (unpaired) electrons. The van der Waals surface area contributed by atoms with Crippen LogP contribution in [0.25, 0.3) is 0 Å². The molecule has 470 valence electrons. The predicted molar refractivity (Wildman–Crippen MR) is 377 cm³/mol. The van der Waals surface area contributed by atoms with Gasteiger partial charge in [0.05, 0.1) is 0 Å². The van der Waals surface area contributed by atoms with Crippen molar-refractivity contribution in [2.75, 3.05) is 0 Å². The second kappa shape index (κ2) is 17.3. The van der Waals surface area contributed by atoms with E-state index in [-0.39, 0.29) is 0 Å². The van der Waals surface area contributed by atoms with E-state index in [1.165, 1.54) is 267 Å². The molecule has 0 amide bonds. The van der Waals surface area contributed by atoms with Gasteiger partial charge in [-0.2, -0.15) is 0 Å². The fourth-order valence-corrected chi connectivity index (χ4v) is 205. The van der Waals surface area contributed by atoms with Crippen LogP contribution in [-0.2, 0) is 84.8 Å². The molecule has 3 heteroatoms. The van der Waals surface area contributed by atoms with Crippen molar-refractivity contribution in [3.63, 3.8) is 0 Å². The van der Waals surface area contributed by atoms with Crippen LogP contribution in [0.2, 0.25) is 36.1 Å². The number of hydrogen-bond acceptors (Lipinski definition) is 0. The molecule has 1 spiro atoms. The molecule has 0 nitrogen and oxygen atoms in total. The zero-order valence-corrected chi connectivity index (χ0v) is 60.5. The second-order valence-corrected chi connectivity index (χ2v) is 74.9. The van der Waals surface area contributed by atoms with Crippen molar-refractivity contribution in [1.29, 1.82) is 0 Å². The number of unbranched alkanes of at least 4 members (excludes halogenated alkanes) is 12. The molecule has 0 bridgehead atoms. The van der Waals surface area contributed by atoms with Crippen molar-refractivity contribution in [2.45, 2.75) is 358 Å². The van der Waals surface area contributed by atoms with E-state index in [1.807, 2.05) is 65.7 Å². The van der Waals surface area contributed by atoms with E-state index < -0.39 is 23.6 Å². The van der Waals surface area contributed by atoms with E-state index in [1.54, 1.807) is 22.3 Å². The minimum atomic E-state index is -5.01. The molecule has 4 unspecified atom stereocenters. The van der Waals surface area contributed by atoms with Gasteiger partial charge in [0.1, 0.15) is 0 Å². The Morgan fingerprint density at radius 3 is 0.612 bits per heavy atom. The summed E-state index contributed by atoms with van der Waals surface area (Å²) in [6.45, 7) is 29.9. The van der Waals surface area contributed by atoms with Crippen LogP contribution in [0.5, 0.6) is 0 Å². The third-order valence-corrected chi connectivity index (χ3v) is 117. The molecule has 0 aliphatic carbocycles. The quantitative estimate of drug-likeness (QED) is 0.0306. The first kappa shape index (κ1) is 60.9. The number of fused-ring (bicyclic) bond motifs is 10. The van der Waals surface area contributed by atoms with E-state index in [2.05, 4.69) is 132 Å². The molecule has 10 fully saturated rings. The predicted octanol–water partition coefficient (Wildman–Crippen LogP) is 23.6. The van der Waals surface area contributed by atoms with Crippen molar-refractivity contribution >= 4 is 37.1 Å². The molecule has 10 aliphatic rings. The van der Waals surface area contributed by atoms with Gasteiger partial charge in [-0.3, -0.25) is 0 Å². The summed E-state index contributed by atoms with van der Waals surface area (Å²) in [5.74, 6) is 0. The van der Waals surface area contributed by atoms with Crippen LogP contribution in [0.4, 0.5) is 0 Å². The Bertz CT molecular complexity index is 3100. The van der Waals surface area contributed by atoms with Crippen molar-refractivity contribution < 1.29 is 7.72 Å². The molecule has 85 heavy (non-hydrogen) atoms. The van der Waals surface area contributed by atoms with Crippen LogP contribution >= 0.6 is 15.8 Å². The first-order valence-electron chi connectivity index (χ1n) is 37.9. The summed E-state index contributed by atoms with van der Waals surface area (Å²) < 4.78 is 11.1. The molecular formula is C82H124P2Ru. The zero-order chi connectivity index (χ0) is 59.4. The monoisotopic (exact) mass is 1270 g/mol. The Kier molecular flexibility index (Phi) is 12.4. The van der Waals surface area contributed by atoms with Gasteiger partial charge in [0.15, 0.2) is 0 Å². The molecule has 0 N–H and O–H groups in total. The maximum atomic E-state index is 3.03. The molecule has 10 saturated heterocycles.